The van der Waals surface area contributed by atoms with Crippen LogP contribution in [0.4, 0.5) is 4.79 Å². The number of carbonyl (C=O) groups is 2. The summed E-state index contributed by atoms with van der Waals surface area (Å²) in [6, 6.07) is 14.5. The van der Waals surface area contributed by atoms with Crippen LogP contribution in [0.25, 0.3) is 0 Å². The van der Waals surface area contributed by atoms with Gasteiger partial charge in [0, 0.05) is 18.5 Å². The first kappa shape index (κ1) is 19.3. The number of Topliss-reactive ketones (excluding diaryl/α,β-unsaturated/α-hetero) is 1. The maximum Gasteiger partial charge on any atom is 0.407 e. The summed E-state index contributed by atoms with van der Waals surface area (Å²) in [5, 5.41) is 2.64. The Hall–Kier alpha value is -3.02. The van der Waals surface area contributed by atoms with Crippen molar-refractivity contribution in [1.82, 2.24) is 5.32 Å². The van der Waals surface area contributed by atoms with Crippen molar-refractivity contribution in [3.05, 3.63) is 59.7 Å². The Morgan fingerprint density at radius 1 is 0.962 bits per heavy atom. The van der Waals surface area contributed by atoms with Crippen LogP contribution in [-0.2, 0) is 11.3 Å². The fraction of sp³-hybridized carbons (Fsp3) is 0.300. The molecule has 2 aromatic rings. The van der Waals surface area contributed by atoms with E-state index < -0.39 is 6.09 Å². The lowest BCUT2D eigenvalue weighted by atomic mass is 10.1. The molecule has 26 heavy (non-hydrogen) atoms. The summed E-state index contributed by atoms with van der Waals surface area (Å²) in [4.78, 5) is 23.9. The first-order chi connectivity index (χ1) is 12.6. The van der Waals surface area contributed by atoms with Gasteiger partial charge in [-0.1, -0.05) is 30.3 Å². The number of ketones is 1. The maximum absolute atomic E-state index is 12.2. The third-order valence-electron chi connectivity index (χ3n) is 3.77. The van der Waals surface area contributed by atoms with E-state index in [9.17, 15) is 9.59 Å². The Morgan fingerprint density at radius 2 is 1.69 bits per heavy atom. The number of benzene rings is 2. The number of carbonyl (C=O) groups excluding carboxylic acids is 2. The van der Waals surface area contributed by atoms with Gasteiger partial charge in [-0.2, -0.15) is 0 Å². The zero-order chi connectivity index (χ0) is 18.8. The molecule has 0 spiro atoms. The minimum absolute atomic E-state index is 0.0228. The van der Waals surface area contributed by atoms with E-state index >= 15 is 0 Å². The van der Waals surface area contributed by atoms with Crippen LogP contribution in [0.3, 0.4) is 0 Å². The number of hydrogen-bond acceptors (Lipinski definition) is 5. The molecule has 2 aromatic carbocycles. The Balaban J connectivity index is 1.70. The molecule has 0 heterocycles. The molecule has 0 bridgehead atoms. The Kier molecular flexibility index (Phi) is 7.49. The normalized spacial score (nSPS) is 10.1. The summed E-state index contributed by atoms with van der Waals surface area (Å²) in [6.45, 7) is 0.587. The van der Waals surface area contributed by atoms with Crippen LogP contribution in [-0.4, -0.2) is 32.6 Å². The van der Waals surface area contributed by atoms with Crippen LogP contribution < -0.4 is 14.8 Å². The van der Waals surface area contributed by atoms with E-state index in [1.165, 1.54) is 7.11 Å². The standard InChI is InChI=1S/C20H23NO5/c1-24-18-11-10-16(13-19(18)25-2)17(22)9-6-12-21-20(23)26-14-15-7-4-3-5-8-15/h3-5,7-8,10-11,13H,6,9,12,14H2,1-2H3,(H,21,23). The van der Waals surface area contributed by atoms with Gasteiger partial charge in [0.1, 0.15) is 6.61 Å². The highest BCUT2D eigenvalue weighted by molar-refractivity contribution is 5.96. The van der Waals surface area contributed by atoms with E-state index in [1.54, 1.807) is 25.3 Å². The molecule has 0 aliphatic heterocycles. The van der Waals surface area contributed by atoms with E-state index in [0.717, 1.165) is 5.56 Å². The summed E-state index contributed by atoms with van der Waals surface area (Å²) in [6.07, 6.45) is 0.342. The number of hydrogen-bond donors (Lipinski definition) is 1. The lowest BCUT2D eigenvalue weighted by Crippen LogP contribution is -2.25. The third-order valence-corrected chi connectivity index (χ3v) is 3.77. The summed E-state index contributed by atoms with van der Waals surface area (Å²) in [5.74, 6) is 1.07. The largest absolute Gasteiger partial charge is 0.493 e. The second kappa shape index (κ2) is 10.1. The molecule has 6 nitrogen and oxygen atoms in total. The SMILES string of the molecule is COc1ccc(C(=O)CCCNC(=O)OCc2ccccc2)cc1OC. The second-order valence-electron chi connectivity index (χ2n) is 5.59. The van der Waals surface area contributed by atoms with E-state index in [2.05, 4.69) is 5.32 Å². The molecular formula is C20H23NO5. The molecule has 2 rings (SSSR count). The van der Waals surface area contributed by atoms with Crippen LogP contribution in [0.2, 0.25) is 0 Å². The average molecular weight is 357 g/mol. The molecule has 0 atom stereocenters. The number of methoxy groups -OCH3 is 2. The molecule has 1 N–H and O–H groups in total. The lowest BCUT2D eigenvalue weighted by molar-refractivity contribution is 0.0977. The molecular weight excluding hydrogens is 334 g/mol. The van der Waals surface area contributed by atoms with Crippen molar-refractivity contribution in [2.24, 2.45) is 0 Å². The minimum atomic E-state index is -0.493. The summed E-state index contributed by atoms with van der Waals surface area (Å²) >= 11 is 0. The van der Waals surface area contributed by atoms with Gasteiger partial charge in [-0.25, -0.2) is 4.79 Å². The van der Waals surface area contributed by atoms with Gasteiger partial charge in [0.25, 0.3) is 0 Å². The van der Waals surface area contributed by atoms with Crippen LogP contribution in [0.15, 0.2) is 48.5 Å². The number of ether oxygens (including phenoxy) is 3. The van der Waals surface area contributed by atoms with Crippen molar-refractivity contribution in [2.45, 2.75) is 19.4 Å². The van der Waals surface area contributed by atoms with Crippen molar-refractivity contribution < 1.29 is 23.8 Å². The summed E-state index contributed by atoms with van der Waals surface area (Å²) < 4.78 is 15.5. The number of amides is 1. The molecule has 0 aromatic heterocycles. The Morgan fingerprint density at radius 3 is 2.38 bits per heavy atom. The molecule has 0 unspecified atom stereocenters. The molecule has 0 radical (unpaired) electrons. The average Bonchev–Trinajstić information content (AvgIpc) is 2.69. The second-order valence-corrected chi connectivity index (χ2v) is 5.59. The fourth-order valence-electron chi connectivity index (χ4n) is 2.37. The van der Waals surface area contributed by atoms with Gasteiger partial charge >= 0.3 is 6.09 Å². The van der Waals surface area contributed by atoms with E-state index in [0.29, 0.717) is 36.4 Å². The molecule has 138 valence electrons. The van der Waals surface area contributed by atoms with Crippen LogP contribution >= 0.6 is 0 Å². The van der Waals surface area contributed by atoms with E-state index in [1.807, 2.05) is 30.3 Å². The molecule has 0 saturated heterocycles. The van der Waals surface area contributed by atoms with Crippen molar-refractivity contribution in [3.63, 3.8) is 0 Å². The fourth-order valence-corrected chi connectivity index (χ4v) is 2.37. The predicted molar refractivity (Wildman–Crippen MR) is 97.7 cm³/mol. The molecule has 6 heteroatoms. The van der Waals surface area contributed by atoms with Gasteiger partial charge in [-0.3, -0.25) is 4.79 Å². The van der Waals surface area contributed by atoms with E-state index in [-0.39, 0.29) is 12.4 Å². The minimum Gasteiger partial charge on any atom is -0.493 e. The van der Waals surface area contributed by atoms with Gasteiger partial charge in [0.15, 0.2) is 17.3 Å². The van der Waals surface area contributed by atoms with Gasteiger partial charge in [0.05, 0.1) is 14.2 Å². The highest BCUT2D eigenvalue weighted by atomic mass is 16.5. The van der Waals surface area contributed by atoms with Crippen LogP contribution in [0.5, 0.6) is 11.5 Å². The third kappa shape index (κ3) is 5.81. The van der Waals surface area contributed by atoms with Crippen molar-refractivity contribution in [1.29, 1.82) is 0 Å². The molecule has 0 aliphatic rings. The lowest BCUT2D eigenvalue weighted by Gasteiger charge is -2.09. The zero-order valence-electron chi connectivity index (χ0n) is 15.0. The quantitative estimate of drug-likeness (QED) is 0.548. The molecule has 0 fully saturated rings. The topological polar surface area (TPSA) is 73.9 Å². The smallest absolute Gasteiger partial charge is 0.407 e. The van der Waals surface area contributed by atoms with Crippen molar-refractivity contribution in [2.75, 3.05) is 20.8 Å². The highest BCUT2D eigenvalue weighted by Crippen LogP contribution is 2.28. The van der Waals surface area contributed by atoms with E-state index in [4.69, 9.17) is 14.2 Å². The highest BCUT2D eigenvalue weighted by Gasteiger charge is 2.11. The maximum atomic E-state index is 12.2. The van der Waals surface area contributed by atoms with Gasteiger partial charge in [0.2, 0.25) is 0 Å². The number of nitrogens with one attached hydrogen (secondary N) is 1. The van der Waals surface area contributed by atoms with Crippen molar-refractivity contribution >= 4 is 11.9 Å². The monoisotopic (exact) mass is 357 g/mol. The van der Waals surface area contributed by atoms with Gasteiger partial charge in [-0.15, -0.1) is 0 Å². The zero-order valence-corrected chi connectivity index (χ0v) is 15.0. The predicted octanol–water partition coefficient (Wildman–Crippen LogP) is 3.59. The van der Waals surface area contributed by atoms with Crippen molar-refractivity contribution in [3.8, 4) is 11.5 Å². The first-order valence-electron chi connectivity index (χ1n) is 8.34. The number of rotatable bonds is 9. The molecule has 0 aliphatic carbocycles. The number of alkyl carbamates (subject to hydrolysis) is 1. The van der Waals surface area contributed by atoms with Crippen LogP contribution in [0.1, 0.15) is 28.8 Å². The molecule has 1 amide bonds. The Labute approximate surface area is 153 Å². The summed E-state index contributed by atoms with van der Waals surface area (Å²) in [7, 11) is 3.07. The van der Waals surface area contributed by atoms with Gasteiger partial charge < -0.3 is 19.5 Å². The van der Waals surface area contributed by atoms with Crippen LogP contribution in [0, 0.1) is 0 Å². The Bertz CT molecular complexity index is 730. The molecule has 0 saturated carbocycles. The van der Waals surface area contributed by atoms with Gasteiger partial charge in [-0.05, 0) is 30.2 Å². The first-order valence-corrected chi connectivity index (χ1v) is 8.34. The summed E-state index contributed by atoms with van der Waals surface area (Å²) in [5.41, 5.74) is 1.47.